The number of hydrogen-bond donors (Lipinski definition) is 3. The molecule has 1 aromatic carbocycles. The molecule has 154 valence electrons. The van der Waals surface area contributed by atoms with E-state index >= 15 is 0 Å². The molecule has 0 amide bonds. The van der Waals surface area contributed by atoms with Crippen LogP contribution in [0.5, 0.6) is 0 Å². The van der Waals surface area contributed by atoms with Gasteiger partial charge in [0.2, 0.25) is 0 Å². The number of nitrogens with zero attached hydrogens (tertiary/aromatic N) is 2. The van der Waals surface area contributed by atoms with Gasteiger partial charge in [-0.2, -0.15) is 5.10 Å². The highest BCUT2D eigenvalue weighted by Gasteiger charge is 2.39. The van der Waals surface area contributed by atoms with Crippen molar-refractivity contribution in [2.75, 3.05) is 11.9 Å². The molecule has 1 aliphatic heterocycles. The number of hydrogen-bond acceptors (Lipinski definition) is 3. The predicted molar refractivity (Wildman–Crippen MR) is 121 cm³/mol. The normalized spacial score (nSPS) is 18.7. The first-order valence-electron chi connectivity index (χ1n) is 10.4. The highest BCUT2D eigenvalue weighted by atomic mass is 15.2. The van der Waals surface area contributed by atoms with Gasteiger partial charge >= 0.3 is 0 Å². The van der Waals surface area contributed by atoms with E-state index in [1.807, 2.05) is 12.4 Å². The number of piperidine rings is 1. The van der Waals surface area contributed by atoms with E-state index in [-0.39, 0.29) is 11.1 Å². The Kier molecular flexibility index (Phi) is 4.82. The Morgan fingerprint density at radius 1 is 1.00 bits per heavy atom. The zero-order chi connectivity index (χ0) is 20.8. The van der Waals surface area contributed by atoms with Crippen LogP contribution in [0.15, 0.2) is 42.7 Å². The number of benzene rings is 1. The van der Waals surface area contributed by atoms with Gasteiger partial charge in [-0.25, -0.2) is 0 Å². The zero-order valence-corrected chi connectivity index (χ0v) is 18.4. The minimum Gasteiger partial charge on any atom is -0.358 e. The highest BCUT2D eigenvalue weighted by molar-refractivity contribution is 5.72. The summed E-state index contributed by atoms with van der Waals surface area (Å²) in [5.74, 6) is 1.18. The molecule has 3 heterocycles. The molecule has 0 spiro atoms. The molecule has 3 aromatic rings. The Hall–Kier alpha value is -2.53. The first-order valence-corrected chi connectivity index (χ1v) is 10.4. The summed E-state index contributed by atoms with van der Waals surface area (Å²) >= 11 is 0. The SMILES string of the molecule is Cc1cc(-c2cn[nH]c2)ccc1-c1ccc(N(C)C2CC(C)(C)NC(C)(C)C2)[nH]1. The van der Waals surface area contributed by atoms with Gasteiger partial charge < -0.3 is 15.2 Å². The van der Waals surface area contributed by atoms with Gasteiger partial charge in [-0.3, -0.25) is 5.10 Å². The lowest BCUT2D eigenvalue weighted by molar-refractivity contribution is 0.160. The number of aryl methyl sites for hydroxylation is 1. The Morgan fingerprint density at radius 2 is 1.72 bits per heavy atom. The second kappa shape index (κ2) is 7.06. The van der Waals surface area contributed by atoms with Crippen molar-refractivity contribution in [2.45, 2.75) is 64.6 Å². The van der Waals surface area contributed by atoms with Crippen molar-refractivity contribution >= 4 is 5.82 Å². The lowest BCUT2D eigenvalue weighted by atomic mass is 9.79. The fourth-order valence-corrected chi connectivity index (χ4v) is 5.04. The molecule has 1 saturated heterocycles. The van der Waals surface area contributed by atoms with Gasteiger partial charge in [-0.05, 0) is 70.7 Å². The fraction of sp³-hybridized carbons (Fsp3) is 0.458. The fourth-order valence-electron chi connectivity index (χ4n) is 5.04. The number of aromatic amines is 2. The summed E-state index contributed by atoms with van der Waals surface area (Å²) in [5, 5.41) is 10.7. The summed E-state index contributed by atoms with van der Waals surface area (Å²) in [7, 11) is 2.21. The maximum Gasteiger partial charge on any atom is 0.106 e. The van der Waals surface area contributed by atoms with Gasteiger partial charge in [-0.1, -0.05) is 18.2 Å². The minimum atomic E-state index is 0.135. The van der Waals surface area contributed by atoms with Crippen molar-refractivity contribution in [1.82, 2.24) is 20.5 Å². The maximum atomic E-state index is 4.06. The Labute approximate surface area is 173 Å². The third-order valence-corrected chi connectivity index (χ3v) is 6.12. The first kappa shape index (κ1) is 19.8. The standard InChI is InChI=1S/C24H33N5/c1-16-11-17(18-14-25-26-15-18)7-8-20(16)21-9-10-22(27-21)29(6)19-12-23(2,3)28-24(4,5)13-19/h7-11,14-15,19,27-28H,12-13H2,1-6H3,(H,25,26). The van der Waals surface area contributed by atoms with E-state index in [0.29, 0.717) is 6.04 Å². The molecule has 1 fully saturated rings. The number of nitrogens with one attached hydrogen (secondary N) is 3. The zero-order valence-electron chi connectivity index (χ0n) is 18.4. The first-order chi connectivity index (χ1) is 13.6. The monoisotopic (exact) mass is 391 g/mol. The van der Waals surface area contributed by atoms with Crippen LogP contribution >= 0.6 is 0 Å². The van der Waals surface area contributed by atoms with Crippen LogP contribution < -0.4 is 10.2 Å². The van der Waals surface area contributed by atoms with Gasteiger partial charge in [0.05, 0.1) is 6.20 Å². The molecule has 0 bridgehead atoms. The Balaban J connectivity index is 1.57. The second-order valence-electron chi connectivity index (χ2n) is 9.84. The van der Waals surface area contributed by atoms with E-state index in [1.54, 1.807) is 0 Å². The van der Waals surface area contributed by atoms with E-state index < -0.39 is 0 Å². The number of rotatable bonds is 4. The van der Waals surface area contributed by atoms with Crippen molar-refractivity contribution in [3.05, 3.63) is 48.3 Å². The van der Waals surface area contributed by atoms with Gasteiger partial charge in [0.1, 0.15) is 5.82 Å². The maximum absolute atomic E-state index is 4.06. The van der Waals surface area contributed by atoms with Crippen molar-refractivity contribution in [3.8, 4) is 22.4 Å². The molecule has 1 aliphatic rings. The summed E-state index contributed by atoms with van der Waals surface area (Å²) in [6, 6.07) is 11.5. The van der Waals surface area contributed by atoms with Crippen LogP contribution in [0.1, 0.15) is 46.1 Å². The third-order valence-electron chi connectivity index (χ3n) is 6.12. The van der Waals surface area contributed by atoms with Gasteiger partial charge in [-0.15, -0.1) is 0 Å². The number of aromatic nitrogens is 3. The molecule has 0 aliphatic carbocycles. The van der Waals surface area contributed by atoms with Crippen LogP contribution in [0, 0.1) is 6.92 Å². The van der Waals surface area contributed by atoms with Crippen molar-refractivity contribution < 1.29 is 0 Å². The van der Waals surface area contributed by atoms with E-state index in [0.717, 1.165) is 24.1 Å². The molecule has 0 unspecified atom stereocenters. The molecular weight excluding hydrogens is 358 g/mol. The summed E-state index contributed by atoms with van der Waals surface area (Å²) < 4.78 is 0. The highest BCUT2D eigenvalue weighted by Crippen LogP contribution is 2.34. The topological polar surface area (TPSA) is 59.7 Å². The van der Waals surface area contributed by atoms with Crippen molar-refractivity contribution in [2.24, 2.45) is 0 Å². The van der Waals surface area contributed by atoms with Crippen LogP contribution in [0.4, 0.5) is 5.82 Å². The second-order valence-corrected chi connectivity index (χ2v) is 9.84. The lowest BCUT2D eigenvalue weighted by Crippen LogP contribution is -2.62. The Bertz CT molecular complexity index is 965. The van der Waals surface area contributed by atoms with Crippen LogP contribution in [0.2, 0.25) is 0 Å². The summed E-state index contributed by atoms with van der Waals surface area (Å²) in [5.41, 5.74) is 6.22. The van der Waals surface area contributed by atoms with E-state index in [9.17, 15) is 0 Å². The molecule has 0 atom stereocenters. The molecule has 3 N–H and O–H groups in total. The molecule has 0 saturated carbocycles. The average molecular weight is 392 g/mol. The van der Waals surface area contributed by atoms with E-state index in [1.165, 1.54) is 22.5 Å². The van der Waals surface area contributed by atoms with Crippen LogP contribution in [-0.4, -0.2) is 39.3 Å². The molecule has 5 heteroatoms. The van der Waals surface area contributed by atoms with Gasteiger partial charge in [0.25, 0.3) is 0 Å². The molecular formula is C24H33N5. The van der Waals surface area contributed by atoms with Crippen LogP contribution in [0.25, 0.3) is 22.4 Å². The number of anilines is 1. The summed E-state index contributed by atoms with van der Waals surface area (Å²) in [6.45, 7) is 11.4. The predicted octanol–water partition coefficient (Wildman–Crippen LogP) is 5.13. The van der Waals surface area contributed by atoms with Crippen LogP contribution in [-0.2, 0) is 0 Å². The summed E-state index contributed by atoms with van der Waals surface area (Å²) in [6.07, 6.45) is 6.04. The summed E-state index contributed by atoms with van der Waals surface area (Å²) in [4.78, 5) is 6.08. The van der Waals surface area contributed by atoms with E-state index in [4.69, 9.17) is 0 Å². The van der Waals surface area contributed by atoms with E-state index in [2.05, 4.69) is 97.4 Å². The lowest BCUT2D eigenvalue weighted by Gasteiger charge is -2.49. The quantitative estimate of drug-likeness (QED) is 0.578. The molecule has 29 heavy (non-hydrogen) atoms. The minimum absolute atomic E-state index is 0.135. The smallest absolute Gasteiger partial charge is 0.106 e. The largest absolute Gasteiger partial charge is 0.358 e. The third kappa shape index (κ3) is 4.10. The van der Waals surface area contributed by atoms with Crippen molar-refractivity contribution in [3.63, 3.8) is 0 Å². The Morgan fingerprint density at radius 3 is 2.34 bits per heavy atom. The van der Waals surface area contributed by atoms with Gasteiger partial charge in [0, 0.05) is 47.2 Å². The average Bonchev–Trinajstić information content (AvgIpc) is 3.30. The van der Waals surface area contributed by atoms with Crippen molar-refractivity contribution in [1.29, 1.82) is 0 Å². The number of H-pyrrole nitrogens is 2. The van der Waals surface area contributed by atoms with Gasteiger partial charge in [0.15, 0.2) is 0 Å². The molecule has 4 rings (SSSR count). The van der Waals surface area contributed by atoms with Crippen LogP contribution in [0.3, 0.4) is 0 Å². The molecule has 0 radical (unpaired) electrons. The molecule has 5 nitrogen and oxygen atoms in total. The molecule has 2 aromatic heterocycles.